The Kier molecular flexibility index (Phi) is 7.78. The number of likely N-dealkylation sites (tertiary alicyclic amines) is 1. The lowest BCUT2D eigenvalue weighted by Gasteiger charge is -2.25. The van der Waals surface area contributed by atoms with Crippen molar-refractivity contribution in [3.05, 3.63) is 60.2 Å². The predicted molar refractivity (Wildman–Crippen MR) is 112 cm³/mol. The molecule has 0 spiro atoms. The van der Waals surface area contributed by atoms with Crippen molar-refractivity contribution in [3.8, 4) is 5.75 Å². The molecule has 32 heavy (non-hydrogen) atoms. The minimum absolute atomic E-state index is 0.0103. The van der Waals surface area contributed by atoms with Crippen LogP contribution in [0, 0.1) is 0 Å². The standard InChI is InChI=1S/C22H25F3N2O4S/c23-22(24,25)31-19-10-12-20(13-11-19)32(29,30)26-15-14-21(28)27-16-4-7-18(27)9-8-17-5-2-1-3-6-17/h1-3,5-6,10-13,18,26H,4,7-9,14-16H2. The molecule has 174 valence electrons. The van der Waals surface area contributed by atoms with Gasteiger partial charge in [-0.1, -0.05) is 30.3 Å². The summed E-state index contributed by atoms with van der Waals surface area (Å²) in [6, 6.07) is 14.1. The zero-order valence-corrected chi connectivity index (χ0v) is 18.2. The normalized spacial score (nSPS) is 16.8. The smallest absolute Gasteiger partial charge is 0.406 e. The Morgan fingerprint density at radius 2 is 1.78 bits per heavy atom. The second kappa shape index (κ2) is 10.4. The van der Waals surface area contributed by atoms with Crippen LogP contribution in [0.1, 0.15) is 31.2 Å². The zero-order chi connectivity index (χ0) is 23.2. The number of benzene rings is 2. The highest BCUT2D eigenvalue weighted by atomic mass is 32.2. The van der Waals surface area contributed by atoms with Crippen LogP contribution in [0.25, 0.3) is 0 Å². The van der Waals surface area contributed by atoms with Gasteiger partial charge < -0.3 is 9.64 Å². The van der Waals surface area contributed by atoms with Crippen molar-refractivity contribution in [1.29, 1.82) is 0 Å². The van der Waals surface area contributed by atoms with Crippen LogP contribution in [-0.2, 0) is 21.2 Å². The van der Waals surface area contributed by atoms with Crippen molar-refractivity contribution in [2.24, 2.45) is 0 Å². The maximum atomic E-state index is 12.6. The van der Waals surface area contributed by atoms with E-state index in [9.17, 15) is 26.4 Å². The number of hydrogen-bond acceptors (Lipinski definition) is 4. The Morgan fingerprint density at radius 1 is 1.09 bits per heavy atom. The summed E-state index contributed by atoms with van der Waals surface area (Å²) >= 11 is 0. The lowest BCUT2D eigenvalue weighted by Crippen LogP contribution is -2.38. The molecular weight excluding hydrogens is 445 g/mol. The van der Waals surface area contributed by atoms with E-state index in [2.05, 4.69) is 21.6 Å². The number of hydrogen-bond donors (Lipinski definition) is 1. The number of carbonyl (C=O) groups is 1. The number of alkyl halides is 3. The first-order valence-electron chi connectivity index (χ1n) is 10.3. The molecule has 1 atom stereocenters. The molecule has 0 bridgehead atoms. The molecule has 1 unspecified atom stereocenters. The van der Waals surface area contributed by atoms with Gasteiger partial charge in [-0.3, -0.25) is 4.79 Å². The lowest BCUT2D eigenvalue weighted by molar-refractivity contribution is -0.274. The summed E-state index contributed by atoms with van der Waals surface area (Å²) < 4.78 is 67.4. The summed E-state index contributed by atoms with van der Waals surface area (Å²) in [6.07, 6.45) is -1.27. The first kappa shape index (κ1) is 24.1. The Bertz CT molecular complexity index is 996. The minimum Gasteiger partial charge on any atom is -0.406 e. The number of rotatable bonds is 9. The van der Waals surface area contributed by atoms with Gasteiger partial charge in [0.2, 0.25) is 15.9 Å². The highest BCUT2D eigenvalue weighted by Gasteiger charge is 2.31. The van der Waals surface area contributed by atoms with Crippen molar-refractivity contribution < 1.29 is 31.1 Å². The van der Waals surface area contributed by atoms with Crippen molar-refractivity contribution in [2.45, 2.75) is 49.4 Å². The van der Waals surface area contributed by atoms with E-state index in [0.717, 1.165) is 49.9 Å². The summed E-state index contributed by atoms with van der Waals surface area (Å²) in [5.41, 5.74) is 1.21. The van der Waals surface area contributed by atoms with Gasteiger partial charge in [-0.05, 0) is 55.5 Å². The van der Waals surface area contributed by atoms with E-state index in [1.54, 1.807) is 0 Å². The number of sulfonamides is 1. The molecular formula is C22H25F3N2O4S. The summed E-state index contributed by atoms with van der Waals surface area (Å²) in [5, 5.41) is 0. The highest BCUT2D eigenvalue weighted by Crippen LogP contribution is 2.24. The van der Waals surface area contributed by atoms with Crippen molar-refractivity contribution >= 4 is 15.9 Å². The topological polar surface area (TPSA) is 75.7 Å². The average molecular weight is 471 g/mol. The first-order valence-corrected chi connectivity index (χ1v) is 11.8. The first-order chi connectivity index (χ1) is 15.1. The molecule has 1 amide bonds. The van der Waals surface area contributed by atoms with Gasteiger partial charge in [-0.15, -0.1) is 13.2 Å². The number of nitrogens with zero attached hydrogens (tertiary/aromatic N) is 1. The van der Waals surface area contributed by atoms with E-state index >= 15 is 0 Å². The van der Waals surface area contributed by atoms with Gasteiger partial charge in [-0.2, -0.15) is 0 Å². The van der Waals surface area contributed by atoms with Crippen LogP contribution in [0.2, 0.25) is 0 Å². The van der Waals surface area contributed by atoms with E-state index in [0.29, 0.717) is 6.54 Å². The second-order valence-electron chi connectivity index (χ2n) is 7.57. The largest absolute Gasteiger partial charge is 0.573 e. The van der Waals surface area contributed by atoms with Gasteiger partial charge in [0.1, 0.15) is 5.75 Å². The van der Waals surface area contributed by atoms with E-state index in [-0.39, 0.29) is 29.8 Å². The SMILES string of the molecule is O=C(CCNS(=O)(=O)c1ccc(OC(F)(F)F)cc1)N1CCCC1CCc1ccccc1. The minimum atomic E-state index is -4.85. The molecule has 0 radical (unpaired) electrons. The molecule has 0 aliphatic carbocycles. The Labute approximate surface area is 185 Å². The molecule has 1 N–H and O–H groups in total. The van der Waals surface area contributed by atoms with Crippen LogP contribution in [-0.4, -0.2) is 44.7 Å². The van der Waals surface area contributed by atoms with Gasteiger partial charge in [0, 0.05) is 25.6 Å². The zero-order valence-electron chi connectivity index (χ0n) is 17.3. The van der Waals surface area contributed by atoms with Gasteiger partial charge in [0.25, 0.3) is 0 Å². The third kappa shape index (κ3) is 6.96. The molecule has 10 heteroatoms. The van der Waals surface area contributed by atoms with Crippen LogP contribution in [0.3, 0.4) is 0 Å². The van der Waals surface area contributed by atoms with E-state index in [1.165, 1.54) is 5.56 Å². The summed E-state index contributed by atoms with van der Waals surface area (Å²) in [4.78, 5) is 14.2. The van der Waals surface area contributed by atoms with E-state index in [1.807, 2.05) is 23.1 Å². The van der Waals surface area contributed by atoms with Gasteiger partial charge in [0.05, 0.1) is 4.90 Å². The number of nitrogens with one attached hydrogen (secondary N) is 1. The molecule has 0 aromatic heterocycles. The quantitative estimate of drug-likeness (QED) is 0.604. The maximum absolute atomic E-state index is 12.6. The fourth-order valence-electron chi connectivity index (χ4n) is 3.78. The Hall–Kier alpha value is -2.59. The number of aryl methyl sites for hydroxylation is 1. The van der Waals surface area contributed by atoms with E-state index < -0.39 is 22.1 Å². The van der Waals surface area contributed by atoms with Gasteiger partial charge >= 0.3 is 6.36 Å². The van der Waals surface area contributed by atoms with Crippen LogP contribution in [0.15, 0.2) is 59.5 Å². The van der Waals surface area contributed by atoms with Gasteiger partial charge in [0.15, 0.2) is 0 Å². The summed E-state index contributed by atoms with van der Waals surface area (Å²) in [6.45, 7) is 0.565. The van der Waals surface area contributed by atoms with Crippen molar-refractivity contribution in [3.63, 3.8) is 0 Å². The molecule has 1 saturated heterocycles. The van der Waals surface area contributed by atoms with E-state index in [4.69, 9.17) is 0 Å². The van der Waals surface area contributed by atoms with Crippen LogP contribution >= 0.6 is 0 Å². The molecule has 2 aromatic carbocycles. The Balaban J connectivity index is 1.48. The third-order valence-corrected chi connectivity index (χ3v) is 6.78. The highest BCUT2D eigenvalue weighted by molar-refractivity contribution is 7.89. The average Bonchev–Trinajstić information content (AvgIpc) is 3.21. The molecule has 1 heterocycles. The lowest BCUT2D eigenvalue weighted by atomic mass is 10.0. The number of amides is 1. The molecule has 3 rings (SSSR count). The number of ether oxygens (including phenoxy) is 1. The number of carbonyl (C=O) groups excluding carboxylic acids is 1. The molecule has 6 nitrogen and oxygen atoms in total. The Morgan fingerprint density at radius 3 is 2.44 bits per heavy atom. The third-order valence-electron chi connectivity index (χ3n) is 5.31. The molecule has 1 aliphatic rings. The fourth-order valence-corrected chi connectivity index (χ4v) is 4.81. The summed E-state index contributed by atoms with van der Waals surface area (Å²) in [7, 11) is -3.96. The van der Waals surface area contributed by atoms with Crippen LogP contribution in [0.4, 0.5) is 13.2 Å². The van der Waals surface area contributed by atoms with Crippen LogP contribution < -0.4 is 9.46 Å². The number of halogens is 3. The molecule has 2 aromatic rings. The van der Waals surface area contributed by atoms with Crippen molar-refractivity contribution in [2.75, 3.05) is 13.1 Å². The second-order valence-corrected chi connectivity index (χ2v) is 9.34. The molecule has 0 saturated carbocycles. The maximum Gasteiger partial charge on any atom is 0.573 e. The van der Waals surface area contributed by atoms with Crippen LogP contribution in [0.5, 0.6) is 5.75 Å². The summed E-state index contributed by atoms with van der Waals surface area (Å²) in [5.74, 6) is -0.626. The fraction of sp³-hybridized carbons (Fsp3) is 0.409. The monoisotopic (exact) mass is 470 g/mol. The predicted octanol–water partition coefficient (Wildman–Crippen LogP) is 3.88. The molecule has 1 fully saturated rings. The van der Waals surface area contributed by atoms with Gasteiger partial charge in [-0.25, -0.2) is 13.1 Å². The molecule has 1 aliphatic heterocycles. The van der Waals surface area contributed by atoms with Crippen molar-refractivity contribution in [1.82, 2.24) is 9.62 Å².